The predicted octanol–water partition coefficient (Wildman–Crippen LogP) is 1.86. The third kappa shape index (κ3) is 3.92. The third-order valence-corrected chi connectivity index (χ3v) is 6.85. The topological polar surface area (TPSA) is 106 Å². The Labute approximate surface area is 148 Å². The minimum atomic E-state index is -3.84. The van der Waals surface area contributed by atoms with Gasteiger partial charge in [0.25, 0.3) is 0 Å². The van der Waals surface area contributed by atoms with Crippen molar-refractivity contribution in [1.29, 1.82) is 0 Å². The smallest absolute Gasteiger partial charge is 0.225 e. The van der Waals surface area contributed by atoms with E-state index in [0.717, 1.165) is 24.8 Å². The van der Waals surface area contributed by atoms with Crippen molar-refractivity contribution in [3.05, 3.63) is 59.2 Å². The van der Waals surface area contributed by atoms with Gasteiger partial charge in [-0.05, 0) is 67.1 Å². The van der Waals surface area contributed by atoms with Crippen molar-refractivity contribution in [1.82, 2.24) is 4.72 Å². The summed E-state index contributed by atoms with van der Waals surface area (Å²) in [6, 6.07) is 10.5. The second kappa shape index (κ2) is 6.53. The maximum Gasteiger partial charge on any atom is 0.241 e. The Morgan fingerprint density at radius 3 is 2.40 bits per heavy atom. The molecule has 0 aromatic heterocycles. The molecule has 1 unspecified atom stereocenters. The molecule has 6 nitrogen and oxygen atoms in total. The van der Waals surface area contributed by atoms with Crippen LogP contribution in [-0.2, 0) is 32.9 Å². The molecule has 134 valence electrons. The Morgan fingerprint density at radius 2 is 1.68 bits per heavy atom. The molecule has 0 amide bonds. The molecule has 1 atom stereocenters. The average Bonchev–Trinajstić information content (AvgIpc) is 3.01. The Kier molecular flexibility index (Phi) is 4.72. The first-order chi connectivity index (χ1) is 11.7. The molecule has 0 saturated heterocycles. The summed E-state index contributed by atoms with van der Waals surface area (Å²) in [5.74, 6) is 0. The number of benzene rings is 2. The highest BCUT2D eigenvalue weighted by Gasteiger charge is 2.21. The van der Waals surface area contributed by atoms with Crippen LogP contribution in [0, 0.1) is 0 Å². The maximum absolute atomic E-state index is 12.6. The van der Waals surface area contributed by atoms with E-state index in [0.29, 0.717) is 5.56 Å². The molecule has 0 saturated carbocycles. The molecule has 1 aliphatic carbocycles. The van der Waals surface area contributed by atoms with Crippen LogP contribution in [-0.4, -0.2) is 16.8 Å². The number of hydrogen-bond donors (Lipinski definition) is 2. The van der Waals surface area contributed by atoms with E-state index in [1.807, 2.05) is 6.07 Å². The summed E-state index contributed by atoms with van der Waals surface area (Å²) in [7, 11) is -7.55. The molecule has 1 aliphatic rings. The Bertz CT molecular complexity index is 1010. The normalized spacial score (nSPS) is 15.8. The number of nitrogens with one attached hydrogen (secondary N) is 1. The Balaban J connectivity index is 1.86. The third-order valence-electron chi connectivity index (χ3n) is 4.40. The number of aryl methyl sites for hydroxylation is 2. The molecular formula is C17H20N2O4S2. The highest BCUT2D eigenvalue weighted by molar-refractivity contribution is 7.89. The van der Waals surface area contributed by atoms with E-state index in [9.17, 15) is 16.8 Å². The molecule has 0 bridgehead atoms. The van der Waals surface area contributed by atoms with E-state index in [-0.39, 0.29) is 9.79 Å². The number of nitrogens with two attached hydrogens (primary N) is 1. The summed E-state index contributed by atoms with van der Waals surface area (Å²) in [6.07, 6.45) is 2.92. The van der Waals surface area contributed by atoms with E-state index < -0.39 is 26.1 Å². The van der Waals surface area contributed by atoms with Crippen LogP contribution < -0.4 is 9.86 Å². The van der Waals surface area contributed by atoms with Gasteiger partial charge in [0.2, 0.25) is 20.0 Å². The van der Waals surface area contributed by atoms with Crippen LogP contribution in [0.2, 0.25) is 0 Å². The van der Waals surface area contributed by atoms with Crippen LogP contribution in [0.15, 0.2) is 52.3 Å². The summed E-state index contributed by atoms with van der Waals surface area (Å²) in [5, 5.41) is 5.13. The zero-order valence-corrected chi connectivity index (χ0v) is 15.4. The second-order valence-electron chi connectivity index (χ2n) is 6.24. The molecule has 25 heavy (non-hydrogen) atoms. The summed E-state index contributed by atoms with van der Waals surface area (Å²) in [5.41, 5.74) is 2.80. The highest BCUT2D eigenvalue weighted by Crippen LogP contribution is 2.26. The SMILES string of the molecule is CC(NS(=O)(=O)c1ccc2c(c1)CCC2)c1cccc(S(N)(=O)=O)c1. The van der Waals surface area contributed by atoms with Gasteiger partial charge in [-0.15, -0.1) is 0 Å². The van der Waals surface area contributed by atoms with E-state index in [2.05, 4.69) is 4.72 Å². The lowest BCUT2D eigenvalue weighted by Gasteiger charge is -2.16. The van der Waals surface area contributed by atoms with Crippen molar-refractivity contribution in [3.8, 4) is 0 Å². The number of sulfonamides is 2. The van der Waals surface area contributed by atoms with Gasteiger partial charge in [0.1, 0.15) is 0 Å². The van der Waals surface area contributed by atoms with Crippen molar-refractivity contribution >= 4 is 20.0 Å². The maximum atomic E-state index is 12.6. The number of rotatable bonds is 5. The van der Waals surface area contributed by atoms with E-state index in [1.165, 1.54) is 23.8 Å². The molecule has 2 aromatic rings. The van der Waals surface area contributed by atoms with Crippen LogP contribution >= 0.6 is 0 Å². The highest BCUT2D eigenvalue weighted by atomic mass is 32.2. The zero-order valence-electron chi connectivity index (χ0n) is 13.8. The van der Waals surface area contributed by atoms with Gasteiger partial charge >= 0.3 is 0 Å². The van der Waals surface area contributed by atoms with Gasteiger partial charge in [0.15, 0.2) is 0 Å². The van der Waals surface area contributed by atoms with Crippen molar-refractivity contribution in [2.45, 2.75) is 42.0 Å². The van der Waals surface area contributed by atoms with Crippen molar-refractivity contribution in [2.24, 2.45) is 5.14 Å². The van der Waals surface area contributed by atoms with E-state index in [1.54, 1.807) is 25.1 Å². The first-order valence-electron chi connectivity index (χ1n) is 7.94. The van der Waals surface area contributed by atoms with Gasteiger partial charge < -0.3 is 0 Å². The van der Waals surface area contributed by atoms with Crippen LogP contribution in [0.1, 0.15) is 36.1 Å². The van der Waals surface area contributed by atoms with E-state index in [4.69, 9.17) is 5.14 Å². The van der Waals surface area contributed by atoms with Gasteiger partial charge in [-0.3, -0.25) is 0 Å². The molecule has 0 fully saturated rings. The number of primary sulfonamides is 1. The predicted molar refractivity (Wildman–Crippen MR) is 95.0 cm³/mol. The molecule has 2 aromatic carbocycles. The number of fused-ring (bicyclic) bond motifs is 1. The quantitative estimate of drug-likeness (QED) is 0.826. The van der Waals surface area contributed by atoms with E-state index >= 15 is 0 Å². The van der Waals surface area contributed by atoms with Crippen molar-refractivity contribution in [3.63, 3.8) is 0 Å². The van der Waals surface area contributed by atoms with Crippen LogP contribution in [0.5, 0.6) is 0 Å². The molecular weight excluding hydrogens is 360 g/mol. The van der Waals surface area contributed by atoms with Gasteiger partial charge in [-0.1, -0.05) is 18.2 Å². The molecule has 0 spiro atoms. The molecule has 3 rings (SSSR count). The summed E-state index contributed by atoms with van der Waals surface area (Å²) < 4.78 is 50.8. The lowest BCUT2D eigenvalue weighted by atomic mass is 10.1. The van der Waals surface area contributed by atoms with Gasteiger partial charge in [0, 0.05) is 6.04 Å². The molecule has 0 radical (unpaired) electrons. The first kappa shape index (κ1) is 18.1. The fourth-order valence-corrected chi connectivity index (χ4v) is 4.90. The van der Waals surface area contributed by atoms with Gasteiger partial charge in [-0.2, -0.15) is 0 Å². The van der Waals surface area contributed by atoms with Crippen molar-refractivity contribution < 1.29 is 16.8 Å². The average molecular weight is 380 g/mol. The van der Waals surface area contributed by atoms with Crippen LogP contribution in [0.3, 0.4) is 0 Å². The Hall–Kier alpha value is -1.74. The molecule has 8 heteroatoms. The van der Waals surface area contributed by atoms with Gasteiger partial charge in [0.05, 0.1) is 9.79 Å². The summed E-state index contributed by atoms with van der Waals surface area (Å²) >= 11 is 0. The molecule has 0 heterocycles. The Morgan fingerprint density at radius 1 is 0.960 bits per heavy atom. The molecule has 0 aliphatic heterocycles. The first-order valence-corrected chi connectivity index (χ1v) is 11.0. The summed E-state index contributed by atoms with van der Waals surface area (Å²) in [4.78, 5) is 0.177. The minimum absolute atomic E-state index is 0.0476. The second-order valence-corrected chi connectivity index (χ2v) is 9.52. The molecule has 3 N–H and O–H groups in total. The minimum Gasteiger partial charge on any atom is -0.225 e. The van der Waals surface area contributed by atoms with Crippen LogP contribution in [0.4, 0.5) is 0 Å². The van der Waals surface area contributed by atoms with Gasteiger partial charge in [-0.25, -0.2) is 26.7 Å². The lowest BCUT2D eigenvalue weighted by Crippen LogP contribution is -2.27. The van der Waals surface area contributed by atoms with Crippen molar-refractivity contribution in [2.75, 3.05) is 0 Å². The summed E-state index contributed by atoms with van der Waals surface area (Å²) in [6.45, 7) is 1.66. The largest absolute Gasteiger partial charge is 0.241 e. The zero-order chi connectivity index (χ0) is 18.2. The lowest BCUT2D eigenvalue weighted by molar-refractivity contribution is 0.566. The fourth-order valence-electron chi connectivity index (χ4n) is 3.05. The monoisotopic (exact) mass is 380 g/mol. The fraction of sp³-hybridized carbons (Fsp3) is 0.294. The number of hydrogen-bond acceptors (Lipinski definition) is 4. The van der Waals surface area contributed by atoms with Crippen LogP contribution in [0.25, 0.3) is 0 Å². The standard InChI is InChI=1S/C17H20N2O4S2/c1-12(14-5-3-7-16(10-14)24(18,20)21)19-25(22,23)17-9-8-13-4-2-6-15(13)11-17/h3,5,7-12,19H,2,4,6H2,1H3,(H2,18,20,21).